The van der Waals surface area contributed by atoms with Gasteiger partial charge in [-0.2, -0.15) is 5.26 Å². The summed E-state index contributed by atoms with van der Waals surface area (Å²) in [5, 5.41) is 10.1. The van der Waals surface area contributed by atoms with Gasteiger partial charge in [0.1, 0.15) is 11.8 Å². The maximum Gasteiger partial charge on any atom is 0.122 e. The van der Waals surface area contributed by atoms with Crippen molar-refractivity contribution in [3.05, 3.63) is 87.7 Å². The zero-order valence-corrected chi connectivity index (χ0v) is 14.2. The van der Waals surface area contributed by atoms with Gasteiger partial charge in [-0.25, -0.2) is 0 Å². The lowest BCUT2D eigenvalue weighted by molar-refractivity contribution is 0.749. The van der Waals surface area contributed by atoms with E-state index in [0.29, 0.717) is 29.4 Å². The standard InChI is InChI=1S/C20H18ClN3/c1-14-4-2-6-16(8-14)13-24-18(12-22)11-19(23)20(24)10-15-5-3-7-17(21)9-15/h2-9,11H,10,13,23H2,1H3. The minimum Gasteiger partial charge on any atom is -0.397 e. The summed E-state index contributed by atoms with van der Waals surface area (Å²) < 4.78 is 1.99. The van der Waals surface area contributed by atoms with E-state index in [9.17, 15) is 5.26 Å². The molecule has 2 N–H and O–H groups in total. The lowest BCUT2D eigenvalue weighted by Gasteiger charge is -2.12. The first-order valence-electron chi connectivity index (χ1n) is 7.75. The number of halogens is 1. The molecule has 0 fully saturated rings. The zero-order chi connectivity index (χ0) is 17.1. The molecule has 3 nitrogen and oxygen atoms in total. The Hall–Kier alpha value is -2.70. The minimum atomic E-state index is 0.575. The number of nitrogens with zero attached hydrogens (tertiary/aromatic N) is 2. The average molecular weight is 336 g/mol. The summed E-state index contributed by atoms with van der Waals surface area (Å²) in [6.07, 6.45) is 0.639. The van der Waals surface area contributed by atoms with Crippen molar-refractivity contribution >= 4 is 17.3 Å². The molecule has 120 valence electrons. The maximum atomic E-state index is 9.45. The zero-order valence-electron chi connectivity index (χ0n) is 13.5. The third-order valence-corrected chi connectivity index (χ3v) is 4.28. The maximum absolute atomic E-state index is 9.45. The van der Waals surface area contributed by atoms with Gasteiger partial charge in [0.15, 0.2) is 0 Å². The van der Waals surface area contributed by atoms with Crippen molar-refractivity contribution in [2.45, 2.75) is 19.9 Å². The summed E-state index contributed by atoms with van der Waals surface area (Å²) in [6.45, 7) is 2.68. The molecule has 1 aromatic heterocycles. The Bertz CT molecular complexity index is 919. The van der Waals surface area contributed by atoms with Crippen LogP contribution in [0.2, 0.25) is 5.02 Å². The number of nitrogen functional groups attached to an aromatic ring is 1. The molecule has 3 aromatic rings. The van der Waals surface area contributed by atoms with Crippen LogP contribution in [0.25, 0.3) is 0 Å². The van der Waals surface area contributed by atoms with Gasteiger partial charge >= 0.3 is 0 Å². The van der Waals surface area contributed by atoms with Crippen LogP contribution in [0, 0.1) is 18.3 Å². The van der Waals surface area contributed by atoms with Crippen molar-refractivity contribution in [2.75, 3.05) is 5.73 Å². The quantitative estimate of drug-likeness (QED) is 0.760. The summed E-state index contributed by atoms with van der Waals surface area (Å²) >= 11 is 6.08. The Kier molecular flexibility index (Phi) is 4.59. The van der Waals surface area contributed by atoms with Gasteiger partial charge in [-0.05, 0) is 36.2 Å². The number of aryl methyl sites for hydroxylation is 1. The number of anilines is 1. The average Bonchev–Trinajstić information content (AvgIpc) is 2.83. The summed E-state index contributed by atoms with van der Waals surface area (Å²) in [4.78, 5) is 0. The molecule has 0 bridgehead atoms. The molecule has 0 radical (unpaired) electrons. The predicted octanol–water partition coefficient (Wildman–Crippen LogP) is 4.54. The highest BCUT2D eigenvalue weighted by molar-refractivity contribution is 6.30. The Morgan fingerprint density at radius 1 is 1.08 bits per heavy atom. The first kappa shape index (κ1) is 16.2. The fraction of sp³-hybridized carbons (Fsp3) is 0.150. The highest BCUT2D eigenvalue weighted by Gasteiger charge is 2.14. The van der Waals surface area contributed by atoms with Crippen molar-refractivity contribution in [3.8, 4) is 6.07 Å². The fourth-order valence-electron chi connectivity index (χ4n) is 2.91. The van der Waals surface area contributed by atoms with E-state index in [1.165, 1.54) is 5.56 Å². The van der Waals surface area contributed by atoms with Gasteiger partial charge in [-0.3, -0.25) is 0 Å². The van der Waals surface area contributed by atoms with Crippen molar-refractivity contribution in [3.63, 3.8) is 0 Å². The van der Waals surface area contributed by atoms with Gasteiger partial charge in [0.2, 0.25) is 0 Å². The predicted molar refractivity (Wildman–Crippen MR) is 98.1 cm³/mol. The number of nitriles is 1. The molecule has 0 atom stereocenters. The Labute approximate surface area is 146 Å². The van der Waals surface area contributed by atoms with Crippen LogP contribution in [0.3, 0.4) is 0 Å². The van der Waals surface area contributed by atoms with Crippen LogP contribution in [-0.4, -0.2) is 4.57 Å². The monoisotopic (exact) mass is 335 g/mol. The highest BCUT2D eigenvalue weighted by Crippen LogP contribution is 2.24. The molecule has 3 rings (SSSR count). The molecule has 4 heteroatoms. The molecule has 0 saturated heterocycles. The van der Waals surface area contributed by atoms with Crippen molar-refractivity contribution < 1.29 is 0 Å². The topological polar surface area (TPSA) is 54.7 Å². The van der Waals surface area contributed by atoms with Gasteiger partial charge in [0.25, 0.3) is 0 Å². The summed E-state index contributed by atoms with van der Waals surface area (Å²) in [6, 6.07) is 20.0. The second-order valence-electron chi connectivity index (χ2n) is 5.93. The van der Waals surface area contributed by atoms with Crippen LogP contribution in [0.4, 0.5) is 5.69 Å². The van der Waals surface area contributed by atoms with Gasteiger partial charge in [0, 0.05) is 23.7 Å². The lowest BCUT2D eigenvalue weighted by atomic mass is 10.1. The molecular weight excluding hydrogens is 318 g/mol. The highest BCUT2D eigenvalue weighted by atomic mass is 35.5. The van der Waals surface area contributed by atoms with Crippen LogP contribution in [-0.2, 0) is 13.0 Å². The SMILES string of the molecule is Cc1cccc(Cn2c(C#N)cc(N)c2Cc2cccc(Cl)c2)c1. The number of benzene rings is 2. The largest absolute Gasteiger partial charge is 0.397 e. The summed E-state index contributed by atoms with van der Waals surface area (Å²) in [5.74, 6) is 0. The number of hydrogen-bond donors (Lipinski definition) is 1. The third kappa shape index (κ3) is 3.45. The van der Waals surface area contributed by atoms with E-state index in [4.69, 9.17) is 17.3 Å². The molecule has 0 aliphatic heterocycles. The molecule has 2 aromatic carbocycles. The van der Waals surface area contributed by atoms with E-state index in [1.807, 2.05) is 34.9 Å². The third-order valence-electron chi connectivity index (χ3n) is 4.04. The lowest BCUT2D eigenvalue weighted by Crippen LogP contribution is -2.08. The second kappa shape index (κ2) is 6.82. The molecule has 1 heterocycles. The van der Waals surface area contributed by atoms with Crippen molar-refractivity contribution in [1.82, 2.24) is 4.57 Å². The van der Waals surface area contributed by atoms with E-state index in [0.717, 1.165) is 16.8 Å². The molecular formula is C20H18ClN3. The van der Waals surface area contributed by atoms with E-state index >= 15 is 0 Å². The molecule has 0 aliphatic carbocycles. The molecule has 0 unspecified atom stereocenters. The molecule has 0 saturated carbocycles. The van der Waals surface area contributed by atoms with Gasteiger partial charge in [0.05, 0.1) is 5.69 Å². The van der Waals surface area contributed by atoms with Crippen LogP contribution in [0.15, 0.2) is 54.6 Å². The van der Waals surface area contributed by atoms with E-state index in [1.54, 1.807) is 6.07 Å². The van der Waals surface area contributed by atoms with Gasteiger partial charge in [-0.15, -0.1) is 0 Å². The van der Waals surface area contributed by atoms with E-state index in [2.05, 4.69) is 31.2 Å². The van der Waals surface area contributed by atoms with Gasteiger partial charge < -0.3 is 10.3 Å². The fourth-order valence-corrected chi connectivity index (χ4v) is 3.13. The Morgan fingerprint density at radius 2 is 1.83 bits per heavy atom. The van der Waals surface area contributed by atoms with E-state index in [-0.39, 0.29) is 0 Å². The Morgan fingerprint density at radius 3 is 2.54 bits per heavy atom. The van der Waals surface area contributed by atoms with E-state index < -0.39 is 0 Å². The smallest absolute Gasteiger partial charge is 0.122 e. The molecule has 0 spiro atoms. The number of aromatic nitrogens is 1. The molecule has 0 aliphatic rings. The minimum absolute atomic E-state index is 0.575. The molecule has 24 heavy (non-hydrogen) atoms. The normalized spacial score (nSPS) is 10.5. The van der Waals surface area contributed by atoms with Crippen molar-refractivity contribution in [2.24, 2.45) is 0 Å². The Balaban J connectivity index is 2.00. The first-order valence-corrected chi connectivity index (χ1v) is 8.12. The van der Waals surface area contributed by atoms with Crippen LogP contribution in [0.5, 0.6) is 0 Å². The molecule has 0 amide bonds. The number of hydrogen-bond acceptors (Lipinski definition) is 2. The first-order chi connectivity index (χ1) is 11.6. The van der Waals surface area contributed by atoms with Crippen LogP contribution in [0.1, 0.15) is 28.1 Å². The van der Waals surface area contributed by atoms with Crippen LogP contribution < -0.4 is 5.73 Å². The van der Waals surface area contributed by atoms with Crippen LogP contribution >= 0.6 is 11.6 Å². The van der Waals surface area contributed by atoms with Gasteiger partial charge in [-0.1, -0.05) is 53.6 Å². The van der Waals surface area contributed by atoms with Crippen molar-refractivity contribution in [1.29, 1.82) is 5.26 Å². The second-order valence-corrected chi connectivity index (χ2v) is 6.36. The number of nitrogens with two attached hydrogens (primary N) is 1. The summed E-state index contributed by atoms with van der Waals surface area (Å²) in [7, 11) is 0. The number of rotatable bonds is 4. The summed E-state index contributed by atoms with van der Waals surface area (Å²) in [5.41, 5.74) is 11.8.